The van der Waals surface area contributed by atoms with Crippen molar-refractivity contribution >= 4 is 41.4 Å². The first kappa shape index (κ1) is 42.9. The smallest absolute Gasteiger partial charge is 0.275 e. The zero-order valence-electron chi connectivity index (χ0n) is 31.4. The van der Waals surface area contributed by atoms with Gasteiger partial charge in [-0.25, -0.2) is 5.48 Å². The summed E-state index contributed by atoms with van der Waals surface area (Å²) in [5.41, 5.74) is 8.46. The minimum atomic E-state index is -2.05. The van der Waals surface area contributed by atoms with Gasteiger partial charge in [-0.2, -0.15) is 0 Å². The van der Waals surface area contributed by atoms with Gasteiger partial charge >= 0.3 is 0 Å². The Bertz CT molecular complexity index is 1620. The molecule has 0 aliphatic carbocycles. The number of likely N-dealkylation sites (tertiary alicyclic amines) is 1. The van der Waals surface area contributed by atoms with Crippen LogP contribution in [-0.2, 0) is 46.6 Å². The standard InChI is InChI=1S/C38H53N7O9/c1-22(2)18-28(33(39)47)40-34(48)30(20-25-13-15-27(16-14-25)54-21-26-10-7-6-8-11-26)42-37(51)32(38(52)44-53)43-35(49)29(19-23(3)4)41-36(50)31-12-9-17-45(31)24(5)46/h6-8,10-11,13-16,22-23,28-32,53H,9,12,17-21H2,1-5H3,(H2,39,47)(H,40,48)(H,41,50)(H,42,51)(H,43,49)(H,44,52)/t28-,29-,30-,31-,32+/m0/s1. The van der Waals surface area contributed by atoms with Crippen molar-refractivity contribution in [1.82, 2.24) is 31.6 Å². The molecule has 1 aliphatic heterocycles. The summed E-state index contributed by atoms with van der Waals surface area (Å²) in [6.07, 6.45) is 1.22. The topological polar surface area (TPSA) is 238 Å². The van der Waals surface area contributed by atoms with Crippen LogP contribution in [-0.4, -0.2) is 88.2 Å². The fourth-order valence-electron chi connectivity index (χ4n) is 6.10. The van der Waals surface area contributed by atoms with E-state index in [0.717, 1.165) is 5.56 Å². The molecule has 0 bridgehead atoms. The molecule has 0 spiro atoms. The molecular weight excluding hydrogens is 698 g/mol. The number of nitrogens with zero attached hydrogens (tertiary/aromatic N) is 1. The van der Waals surface area contributed by atoms with Crippen molar-refractivity contribution in [2.45, 2.75) is 104 Å². The van der Waals surface area contributed by atoms with E-state index in [1.165, 1.54) is 17.3 Å². The van der Waals surface area contributed by atoms with Gasteiger partial charge in [-0.1, -0.05) is 70.2 Å². The molecule has 7 amide bonds. The first-order valence-electron chi connectivity index (χ1n) is 18.1. The Morgan fingerprint density at radius 3 is 1.93 bits per heavy atom. The second kappa shape index (κ2) is 20.7. The van der Waals surface area contributed by atoms with E-state index >= 15 is 0 Å². The molecule has 54 heavy (non-hydrogen) atoms. The molecule has 1 fully saturated rings. The summed E-state index contributed by atoms with van der Waals surface area (Å²) in [7, 11) is 0. The molecule has 3 rings (SSSR count). The van der Waals surface area contributed by atoms with E-state index in [2.05, 4.69) is 21.3 Å². The third kappa shape index (κ3) is 13.2. The third-order valence-electron chi connectivity index (χ3n) is 8.83. The molecule has 1 saturated heterocycles. The average molecular weight is 752 g/mol. The van der Waals surface area contributed by atoms with Crippen LogP contribution in [0.3, 0.4) is 0 Å². The lowest BCUT2D eigenvalue weighted by Crippen LogP contribution is -2.62. The van der Waals surface area contributed by atoms with Gasteiger partial charge in [-0.05, 0) is 60.8 Å². The van der Waals surface area contributed by atoms with Crippen molar-refractivity contribution in [3.05, 3.63) is 65.7 Å². The number of carbonyl (C=O) groups is 7. The zero-order chi connectivity index (χ0) is 39.9. The summed E-state index contributed by atoms with van der Waals surface area (Å²) in [5.74, 6) is -5.41. The third-order valence-corrected chi connectivity index (χ3v) is 8.83. The molecular formula is C38H53N7O9. The molecule has 0 unspecified atom stereocenters. The molecule has 0 saturated carbocycles. The number of amides is 7. The van der Waals surface area contributed by atoms with Crippen LogP contribution in [0.2, 0.25) is 0 Å². The van der Waals surface area contributed by atoms with E-state index in [1.54, 1.807) is 38.1 Å². The Kier molecular flexibility index (Phi) is 16.4. The molecule has 2 aromatic rings. The summed E-state index contributed by atoms with van der Waals surface area (Å²) < 4.78 is 5.85. The predicted molar refractivity (Wildman–Crippen MR) is 197 cm³/mol. The highest BCUT2D eigenvalue weighted by atomic mass is 16.5. The predicted octanol–water partition coefficient (Wildman–Crippen LogP) is 0.841. The largest absolute Gasteiger partial charge is 0.489 e. The van der Waals surface area contributed by atoms with Crippen molar-refractivity contribution in [3.63, 3.8) is 0 Å². The summed E-state index contributed by atoms with van der Waals surface area (Å²) in [6.45, 7) is 9.35. The number of nitrogens with one attached hydrogen (secondary N) is 5. The van der Waals surface area contributed by atoms with Crippen molar-refractivity contribution in [2.75, 3.05) is 6.54 Å². The maximum Gasteiger partial charge on any atom is 0.275 e. The van der Waals surface area contributed by atoms with Crippen molar-refractivity contribution in [2.24, 2.45) is 17.6 Å². The molecule has 8 N–H and O–H groups in total. The molecule has 16 nitrogen and oxygen atoms in total. The Labute approximate surface area is 315 Å². The molecule has 0 aromatic heterocycles. The number of ether oxygens (including phenoxy) is 1. The Morgan fingerprint density at radius 2 is 1.35 bits per heavy atom. The SMILES string of the molecule is CC(=O)N1CCC[C@H]1C(=O)N[C@@H](CC(C)C)C(=O)N[C@@H](C(=O)NO)C(=O)N[C@@H](Cc1ccc(OCc2ccccc2)cc1)C(=O)N[C@@H](CC(C)C)C(N)=O. The molecule has 2 aromatic carbocycles. The van der Waals surface area contributed by atoms with Crippen molar-refractivity contribution in [3.8, 4) is 5.75 Å². The van der Waals surface area contributed by atoms with E-state index in [0.29, 0.717) is 37.3 Å². The van der Waals surface area contributed by atoms with Gasteiger partial charge in [0.1, 0.15) is 36.5 Å². The van der Waals surface area contributed by atoms with E-state index in [4.69, 9.17) is 10.5 Å². The molecule has 0 radical (unpaired) electrons. The number of primary amides is 1. The van der Waals surface area contributed by atoms with Crippen LogP contribution >= 0.6 is 0 Å². The van der Waals surface area contributed by atoms with Crippen molar-refractivity contribution < 1.29 is 43.5 Å². The van der Waals surface area contributed by atoms with Crippen LogP contribution in [0.15, 0.2) is 54.6 Å². The van der Waals surface area contributed by atoms with Crippen LogP contribution < -0.4 is 37.2 Å². The molecule has 1 aliphatic rings. The summed E-state index contributed by atoms with van der Waals surface area (Å²) in [5, 5.41) is 19.5. The number of carbonyl (C=O) groups excluding carboxylic acids is 7. The first-order valence-corrected chi connectivity index (χ1v) is 18.1. The lowest BCUT2D eigenvalue weighted by molar-refractivity contribution is -0.143. The molecule has 5 atom stereocenters. The van der Waals surface area contributed by atoms with Gasteiger partial charge < -0.3 is 36.6 Å². The monoisotopic (exact) mass is 751 g/mol. The number of hydroxylamine groups is 1. The molecule has 16 heteroatoms. The van der Waals surface area contributed by atoms with Gasteiger partial charge in [0.2, 0.25) is 29.5 Å². The van der Waals surface area contributed by atoms with Gasteiger partial charge in [0.05, 0.1) is 0 Å². The van der Waals surface area contributed by atoms with Crippen LogP contribution in [0.5, 0.6) is 5.75 Å². The second-order valence-corrected chi connectivity index (χ2v) is 14.3. The number of rotatable bonds is 19. The minimum Gasteiger partial charge on any atom is -0.489 e. The first-order chi connectivity index (χ1) is 25.6. The highest BCUT2D eigenvalue weighted by Gasteiger charge is 2.38. The highest BCUT2D eigenvalue weighted by Crippen LogP contribution is 2.19. The number of hydrogen-bond acceptors (Lipinski definition) is 9. The maximum atomic E-state index is 13.7. The number of hydrogen-bond donors (Lipinski definition) is 7. The summed E-state index contributed by atoms with van der Waals surface area (Å²) in [4.78, 5) is 92.7. The number of benzene rings is 2. The Hall–Kier alpha value is -5.51. The Balaban J connectivity index is 1.83. The fourth-order valence-corrected chi connectivity index (χ4v) is 6.10. The zero-order valence-corrected chi connectivity index (χ0v) is 31.4. The van der Waals surface area contributed by atoms with Gasteiger partial charge in [0, 0.05) is 19.9 Å². The maximum absolute atomic E-state index is 13.7. The van der Waals surface area contributed by atoms with Crippen LogP contribution in [0.25, 0.3) is 0 Å². The fraction of sp³-hybridized carbons (Fsp3) is 0.500. The van der Waals surface area contributed by atoms with E-state index in [1.807, 2.05) is 44.2 Å². The minimum absolute atomic E-state index is 0.0226. The molecule has 1 heterocycles. The highest BCUT2D eigenvalue weighted by molar-refractivity contribution is 6.08. The lowest BCUT2D eigenvalue weighted by Gasteiger charge is -2.28. The van der Waals surface area contributed by atoms with E-state index < -0.39 is 65.7 Å². The number of nitrogens with two attached hydrogens (primary N) is 1. The second-order valence-electron chi connectivity index (χ2n) is 14.3. The average Bonchev–Trinajstić information content (AvgIpc) is 3.63. The summed E-state index contributed by atoms with van der Waals surface area (Å²) in [6, 6.07) is 9.76. The van der Waals surface area contributed by atoms with Gasteiger partial charge in [-0.15, -0.1) is 0 Å². The Morgan fingerprint density at radius 1 is 0.759 bits per heavy atom. The lowest BCUT2D eigenvalue weighted by atomic mass is 10.0. The van der Waals surface area contributed by atoms with Gasteiger partial charge in [-0.3, -0.25) is 38.8 Å². The van der Waals surface area contributed by atoms with Gasteiger partial charge in [0.25, 0.3) is 11.8 Å². The molecule has 294 valence electrons. The van der Waals surface area contributed by atoms with Crippen LogP contribution in [0.4, 0.5) is 0 Å². The van der Waals surface area contributed by atoms with E-state index in [9.17, 15) is 38.8 Å². The van der Waals surface area contributed by atoms with Crippen LogP contribution in [0.1, 0.15) is 71.4 Å². The van der Waals surface area contributed by atoms with Crippen LogP contribution in [0, 0.1) is 11.8 Å². The van der Waals surface area contributed by atoms with Gasteiger partial charge in [0.15, 0.2) is 6.04 Å². The normalized spacial score (nSPS) is 16.1. The van der Waals surface area contributed by atoms with E-state index in [-0.39, 0.29) is 37.0 Å². The van der Waals surface area contributed by atoms with Crippen molar-refractivity contribution in [1.29, 1.82) is 0 Å². The quantitative estimate of drug-likeness (QED) is 0.0611. The summed E-state index contributed by atoms with van der Waals surface area (Å²) >= 11 is 0.